The minimum atomic E-state index is -5.39. The van der Waals surface area contributed by atoms with Crippen LogP contribution in [-0.4, -0.2) is 5.48 Å². The monoisotopic (exact) mass is 265 g/mol. The van der Waals surface area contributed by atoms with Gasteiger partial charge in [0.25, 0.3) is 0 Å². The average Bonchev–Trinajstić information content (AvgIpc) is 0.722. The Hall–Kier alpha value is 1.41. The van der Waals surface area contributed by atoms with E-state index >= 15 is 0 Å². The maximum Gasteiger partial charge on any atom is 3.00 e. The molecule has 0 aromatic carbocycles. The molecule has 0 rings (SSSR count). The van der Waals surface area contributed by atoms with E-state index in [9.17, 15) is 0 Å². The van der Waals surface area contributed by atoms with Crippen molar-refractivity contribution in [3.63, 3.8) is 0 Å². The van der Waals surface area contributed by atoms with Gasteiger partial charge >= 0.3 is 40.4 Å². The number of rotatable bonds is 0. The first kappa shape index (κ1) is 15.8. The summed E-state index contributed by atoms with van der Waals surface area (Å²) in [5, 5.41) is 0. The molecule has 0 spiro atoms. The summed E-state index contributed by atoms with van der Waals surface area (Å²) in [6.07, 6.45) is 0. The van der Waals surface area contributed by atoms with Crippen molar-refractivity contribution in [2.45, 2.75) is 0 Å². The number of phosphoric acid groups is 1. The van der Waals surface area contributed by atoms with Crippen LogP contribution in [0.1, 0.15) is 0 Å². The quantitative estimate of drug-likeness (QED) is 0.419. The standard InChI is InChI=1S/H3O4P.H2O.Sm/c1-5(2,3)4;;/h(H3,1,2,3,4);1H2;/q;;+3/p-3. The second-order valence-electron chi connectivity index (χ2n) is 0.447. The van der Waals surface area contributed by atoms with Gasteiger partial charge in [-0.1, -0.05) is 0 Å². The molecule has 0 aliphatic heterocycles. The van der Waals surface area contributed by atoms with E-state index in [1.165, 1.54) is 0 Å². The molecule has 1 radical (unpaired) electrons. The second-order valence-corrected chi connectivity index (χ2v) is 1.34. The summed E-state index contributed by atoms with van der Waals surface area (Å²) in [5.74, 6) is 0. The molecule has 0 heterocycles. The summed E-state index contributed by atoms with van der Waals surface area (Å²) in [6, 6.07) is 0. The predicted octanol–water partition coefficient (Wildman–Crippen LogP) is -3.65. The fourth-order valence-electron chi connectivity index (χ4n) is 0. The fraction of sp³-hybridized carbons (Fsp3) is 0. The van der Waals surface area contributed by atoms with Gasteiger partial charge in [-0.3, -0.25) is 0 Å². The molecule has 7 heavy (non-hydrogen) atoms. The van der Waals surface area contributed by atoms with E-state index in [2.05, 4.69) is 0 Å². The molecule has 2 N–H and O–H groups in total. The predicted molar refractivity (Wildman–Crippen MR) is 11.2 cm³/mol. The minimum absolute atomic E-state index is 0. The van der Waals surface area contributed by atoms with Gasteiger partial charge in [0.15, 0.2) is 0 Å². The van der Waals surface area contributed by atoms with Gasteiger partial charge in [-0.15, -0.1) is 0 Å². The minimum Gasteiger partial charge on any atom is -0.822 e. The van der Waals surface area contributed by atoms with E-state index in [4.69, 9.17) is 19.2 Å². The first-order valence-electron chi connectivity index (χ1n) is 0.730. The SMILES string of the molecule is O.O=P([O-])([O-])[O-].[Sm+3]. The van der Waals surface area contributed by atoms with Gasteiger partial charge in [-0.2, -0.15) is 7.82 Å². The van der Waals surface area contributed by atoms with E-state index < -0.39 is 7.82 Å². The van der Waals surface area contributed by atoms with E-state index in [0.29, 0.717) is 0 Å². The van der Waals surface area contributed by atoms with Gasteiger partial charge in [0.1, 0.15) is 0 Å². The molecule has 0 bridgehead atoms. The van der Waals surface area contributed by atoms with Crippen LogP contribution in [-0.2, 0) is 4.57 Å². The summed E-state index contributed by atoms with van der Waals surface area (Å²) in [6.45, 7) is 0. The topological polar surface area (TPSA) is 118 Å². The molecule has 0 saturated heterocycles. The van der Waals surface area contributed by atoms with Crippen molar-refractivity contribution in [3.05, 3.63) is 0 Å². The van der Waals surface area contributed by atoms with Gasteiger partial charge in [-0.05, 0) is 0 Å². The summed E-state index contributed by atoms with van der Waals surface area (Å²) in [4.78, 5) is 25.6. The van der Waals surface area contributed by atoms with Gasteiger partial charge in [0.05, 0.1) is 0 Å². The molecule has 0 amide bonds. The van der Waals surface area contributed by atoms with Crippen LogP contribution in [0.3, 0.4) is 0 Å². The van der Waals surface area contributed by atoms with Crippen molar-refractivity contribution in [3.8, 4) is 0 Å². The Morgan fingerprint density at radius 2 is 1.14 bits per heavy atom. The van der Waals surface area contributed by atoms with Crippen LogP contribution in [0.2, 0.25) is 0 Å². The Morgan fingerprint density at radius 3 is 1.14 bits per heavy atom. The molecule has 0 aliphatic carbocycles. The normalized spacial score (nSPS) is 8.43. The van der Waals surface area contributed by atoms with Gasteiger partial charge < -0.3 is 24.7 Å². The van der Waals surface area contributed by atoms with E-state index in [-0.39, 0.29) is 45.9 Å². The van der Waals surface area contributed by atoms with E-state index in [0.717, 1.165) is 0 Å². The maximum atomic E-state index is 8.55. The Labute approximate surface area is 72.4 Å². The molecular weight excluding hydrogens is 261 g/mol. The zero-order valence-electron chi connectivity index (χ0n) is 2.99. The zero-order valence-corrected chi connectivity index (χ0v) is 6.50. The third-order valence-corrected chi connectivity index (χ3v) is 0. The van der Waals surface area contributed by atoms with Crippen molar-refractivity contribution in [1.82, 2.24) is 0 Å². The Kier molecular flexibility index (Phi) is 12.5. The van der Waals surface area contributed by atoms with Crippen LogP contribution in [0.15, 0.2) is 0 Å². The smallest absolute Gasteiger partial charge is 0.822 e. The summed E-state index contributed by atoms with van der Waals surface area (Å²) < 4.78 is 8.55. The maximum absolute atomic E-state index is 8.55. The summed E-state index contributed by atoms with van der Waals surface area (Å²) in [7, 11) is -5.39. The van der Waals surface area contributed by atoms with Crippen LogP contribution in [0.5, 0.6) is 0 Å². The molecular formula is H2O5PSm. The average molecular weight is 263 g/mol. The Bertz CT molecular complexity index is 54.2. The molecule has 0 aromatic heterocycles. The van der Waals surface area contributed by atoms with Crippen molar-refractivity contribution in [1.29, 1.82) is 0 Å². The molecule has 43 valence electrons. The number of hydrogen-bond donors (Lipinski definition) is 0. The van der Waals surface area contributed by atoms with Crippen molar-refractivity contribution in [2.24, 2.45) is 0 Å². The molecule has 0 fully saturated rings. The molecule has 0 aliphatic rings. The largest absolute Gasteiger partial charge is 3.00 e. The van der Waals surface area contributed by atoms with Crippen LogP contribution in [0.4, 0.5) is 0 Å². The third-order valence-electron chi connectivity index (χ3n) is 0. The first-order valence-corrected chi connectivity index (χ1v) is 2.19. The molecule has 0 saturated carbocycles. The molecule has 7 heteroatoms. The summed E-state index contributed by atoms with van der Waals surface area (Å²) in [5.41, 5.74) is 0. The van der Waals surface area contributed by atoms with Crippen molar-refractivity contribution < 1.29 is 65.1 Å². The second kappa shape index (κ2) is 5.54. The van der Waals surface area contributed by atoms with Crippen LogP contribution >= 0.6 is 7.82 Å². The van der Waals surface area contributed by atoms with Crippen LogP contribution < -0.4 is 14.7 Å². The van der Waals surface area contributed by atoms with Gasteiger partial charge in [0, 0.05) is 0 Å². The molecule has 0 atom stereocenters. The number of hydrogen-bond acceptors (Lipinski definition) is 4. The first-order chi connectivity index (χ1) is 2.00. The fourth-order valence-corrected chi connectivity index (χ4v) is 0. The summed E-state index contributed by atoms with van der Waals surface area (Å²) >= 11 is 0. The van der Waals surface area contributed by atoms with Crippen LogP contribution in [0, 0.1) is 40.4 Å². The Balaban J connectivity index is -0.0000000800. The van der Waals surface area contributed by atoms with Crippen molar-refractivity contribution >= 4 is 7.82 Å². The van der Waals surface area contributed by atoms with Crippen LogP contribution in [0.25, 0.3) is 0 Å². The van der Waals surface area contributed by atoms with E-state index in [1.807, 2.05) is 0 Å². The molecule has 0 unspecified atom stereocenters. The zero-order chi connectivity index (χ0) is 4.50. The van der Waals surface area contributed by atoms with Crippen molar-refractivity contribution in [2.75, 3.05) is 0 Å². The molecule has 0 aromatic rings. The van der Waals surface area contributed by atoms with Gasteiger partial charge in [-0.25, -0.2) is 0 Å². The van der Waals surface area contributed by atoms with Gasteiger partial charge in [0.2, 0.25) is 0 Å². The third kappa shape index (κ3) is 109. The Morgan fingerprint density at radius 1 is 1.14 bits per heavy atom. The molecule has 5 nitrogen and oxygen atoms in total. The van der Waals surface area contributed by atoms with E-state index in [1.54, 1.807) is 0 Å².